The zero-order valence-electron chi connectivity index (χ0n) is 13.5. The Bertz CT molecular complexity index is 749. The third-order valence-electron chi connectivity index (χ3n) is 3.47. The fraction of sp³-hybridized carbons (Fsp3) is 0.235. The molecule has 126 valence electrons. The molecule has 0 unspecified atom stereocenters. The zero-order valence-corrected chi connectivity index (χ0v) is 14.3. The number of pyridine rings is 1. The number of benzene rings is 1. The molecule has 0 spiro atoms. The minimum Gasteiger partial charge on any atom is -0.369 e. The van der Waals surface area contributed by atoms with Crippen molar-refractivity contribution in [1.29, 1.82) is 0 Å². The van der Waals surface area contributed by atoms with E-state index in [1.54, 1.807) is 43.6 Å². The predicted molar refractivity (Wildman–Crippen MR) is 95.6 cm³/mol. The highest BCUT2D eigenvalue weighted by Crippen LogP contribution is 2.23. The molecule has 0 bridgehead atoms. The summed E-state index contributed by atoms with van der Waals surface area (Å²) in [5.41, 5.74) is 1.95. The number of anilines is 2. The maximum Gasteiger partial charge on any atom is 0.254 e. The quantitative estimate of drug-likeness (QED) is 0.751. The van der Waals surface area contributed by atoms with Gasteiger partial charge in [0.1, 0.15) is 5.82 Å². The molecule has 2 rings (SSSR count). The Kier molecular flexibility index (Phi) is 6.14. The van der Waals surface area contributed by atoms with Gasteiger partial charge < -0.3 is 16.0 Å². The average Bonchev–Trinajstić information content (AvgIpc) is 2.59. The normalized spacial score (nSPS) is 10.1. The van der Waals surface area contributed by atoms with Crippen LogP contribution in [0, 0.1) is 6.92 Å². The number of rotatable bonds is 6. The lowest BCUT2D eigenvalue weighted by atomic mass is 10.2. The summed E-state index contributed by atoms with van der Waals surface area (Å²) in [5, 5.41) is 9.00. The van der Waals surface area contributed by atoms with E-state index >= 15 is 0 Å². The van der Waals surface area contributed by atoms with E-state index < -0.39 is 0 Å². The van der Waals surface area contributed by atoms with Crippen LogP contribution in [0.1, 0.15) is 22.3 Å². The molecular formula is C17H19ClN4O2. The van der Waals surface area contributed by atoms with Crippen LogP contribution in [-0.2, 0) is 4.79 Å². The molecular weight excluding hydrogens is 328 g/mol. The summed E-state index contributed by atoms with van der Waals surface area (Å²) in [6.45, 7) is 2.20. The van der Waals surface area contributed by atoms with Crippen molar-refractivity contribution in [2.75, 3.05) is 24.2 Å². The van der Waals surface area contributed by atoms with Crippen molar-refractivity contribution >= 4 is 34.9 Å². The SMILES string of the molecule is CNC(=O)c1cccnc1NCCC(=O)Nc1cccc(Cl)c1C. The fourth-order valence-electron chi connectivity index (χ4n) is 2.11. The smallest absolute Gasteiger partial charge is 0.254 e. The van der Waals surface area contributed by atoms with Crippen molar-refractivity contribution in [3.8, 4) is 0 Å². The summed E-state index contributed by atoms with van der Waals surface area (Å²) < 4.78 is 0. The molecule has 24 heavy (non-hydrogen) atoms. The molecule has 3 N–H and O–H groups in total. The molecule has 1 heterocycles. The van der Waals surface area contributed by atoms with Crippen LogP contribution in [-0.4, -0.2) is 30.4 Å². The molecule has 0 aliphatic heterocycles. The minimum atomic E-state index is -0.232. The molecule has 0 atom stereocenters. The molecule has 0 fully saturated rings. The van der Waals surface area contributed by atoms with Crippen LogP contribution in [0.15, 0.2) is 36.5 Å². The van der Waals surface area contributed by atoms with Gasteiger partial charge in [0.25, 0.3) is 5.91 Å². The number of amides is 2. The van der Waals surface area contributed by atoms with E-state index in [2.05, 4.69) is 20.9 Å². The van der Waals surface area contributed by atoms with Crippen molar-refractivity contribution in [3.05, 3.63) is 52.7 Å². The number of halogens is 1. The number of nitrogens with one attached hydrogen (secondary N) is 3. The summed E-state index contributed by atoms with van der Waals surface area (Å²) in [7, 11) is 1.56. The van der Waals surface area contributed by atoms with Gasteiger partial charge in [0.2, 0.25) is 5.91 Å². The average molecular weight is 347 g/mol. The third kappa shape index (κ3) is 4.45. The van der Waals surface area contributed by atoms with E-state index in [0.717, 1.165) is 5.56 Å². The summed E-state index contributed by atoms with van der Waals surface area (Å²) >= 11 is 6.03. The Labute approximate surface area is 145 Å². The number of hydrogen-bond acceptors (Lipinski definition) is 4. The first kappa shape index (κ1) is 17.7. The molecule has 6 nitrogen and oxygen atoms in total. The van der Waals surface area contributed by atoms with Gasteiger partial charge in [0, 0.05) is 36.9 Å². The first-order valence-corrected chi connectivity index (χ1v) is 7.86. The van der Waals surface area contributed by atoms with Crippen molar-refractivity contribution in [1.82, 2.24) is 10.3 Å². The first-order chi connectivity index (χ1) is 11.5. The van der Waals surface area contributed by atoms with E-state index in [9.17, 15) is 9.59 Å². The molecule has 0 aliphatic rings. The van der Waals surface area contributed by atoms with Gasteiger partial charge >= 0.3 is 0 Å². The number of aromatic nitrogens is 1. The summed E-state index contributed by atoms with van der Waals surface area (Å²) in [6.07, 6.45) is 1.82. The number of nitrogens with zero attached hydrogens (tertiary/aromatic N) is 1. The molecule has 0 saturated carbocycles. The van der Waals surface area contributed by atoms with Crippen LogP contribution in [0.2, 0.25) is 5.02 Å². The first-order valence-electron chi connectivity index (χ1n) is 7.49. The van der Waals surface area contributed by atoms with Crippen LogP contribution in [0.4, 0.5) is 11.5 Å². The molecule has 2 amide bonds. The summed E-state index contributed by atoms with van der Waals surface area (Å²) in [5.74, 6) is 0.0680. The number of carbonyl (C=O) groups is 2. The highest BCUT2D eigenvalue weighted by atomic mass is 35.5. The zero-order chi connectivity index (χ0) is 17.5. The second-order valence-electron chi connectivity index (χ2n) is 5.12. The second kappa shape index (κ2) is 8.31. The molecule has 1 aromatic carbocycles. The van der Waals surface area contributed by atoms with Crippen LogP contribution in [0.5, 0.6) is 0 Å². The Hall–Kier alpha value is -2.60. The van der Waals surface area contributed by atoms with Gasteiger partial charge in [-0.15, -0.1) is 0 Å². The van der Waals surface area contributed by atoms with Gasteiger partial charge in [0.15, 0.2) is 0 Å². The van der Waals surface area contributed by atoms with E-state index in [0.29, 0.717) is 28.6 Å². The Morgan fingerprint density at radius 2 is 2.00 bits per heavy atom. The van der Waals surface area contributed by atoms with Crippen molar-refractivity contribution in [2.45, 2.75) is 13.3 Å². The molecule has 2 aromatic rings. The monoisotopic (exact) mass is 346 g/mol. The molecule has 0 radical (unpaired) electrons. The standard InChI is InChI=1S/C17H19ClN4O2/c1-11-13(18)6-3-7-14(11)22-15(23)8-10-21-16-12(17(24)19-2)5-4-9-20-16/h3-7,9H,8,10H2,1-2H3,(H,19,24)(H,20,21)(H,22,23). The summed E-state index contributed by atoms with van der Waals surface area (Å²) in [4.78, 5) is 27.9. The maximum atomic E-state index is 12.0. The van der Waals surface area contributed by atoms with Gasteiger partial charge in [-0.25, -0.2) is 4.98 Å². The van der Waals surface area contributed by atoms with Gasteiger partial charge in [-0.05, 0) is 36.8 Å². The highest BCUT2D eigenvalue weighted by Gasteiger charge is 2.11. The second-order valence-corrected chi connectivity index (χ2v) is 5.52. The lowest BCUT2D eigenvalue weighted by Gasteiger charge is -2.11. The van der Waals surface area contributed by atoms with Crippen LogP contribution in [0.25, 0.3) is 0 Å². The van der Waals surface area contributed by atoms with Crippen molar-refractivity contribution in [2.24, 2.45) is 0 Å². The fourth-order valence-corrected chi connectivity index (χ4v) is 2.29. The van der Waals surface area contributed by atoms with E-state index in [1.165, 1.54) is 0 Å². The van der Waals surface area contributed by atoms with E-state index in [4.69, 9.17) is 11.6 Å². The minimum absolute atomic E-state index is 0.148. The van der Waals surface area contributed by atoms with Crippen LogP contribution < -0.4 is 16.0 Å². The lowest BCUT2D eigenvalue weighted by Crippen LogP contribution is -2.22. The number of hydrogen-bond donors (Lipinski definition) is 3. The van der Waals surface area contributed by atoms with Crippen LogP contribution in [0.3, 0.4) is 0 Å². The largest absolute Gasteiger partial charge is 0.369 e. The Balaban J connectivity index is 1.92. The van der Waals surface area contributed by atoms with Crippen molar-refractivity contribution < 1.29 is 9.59 Å². The van der Waals surface area contributed by atoms with Gasteiger partial charge in [0.05, 0.1) is 5.56 Å². The number of carbonyl (C=O) groups excluding carboxylic acids is 2. The van der Waals surface area contributed by atoms with E-state index in [-0.39, 0.29) is 18.2 Å². The lowest BCUT2D eigenvalue weighted by molar-refractivity contribution is -0.115. The van der Waals surface area contributed by atoms with Gasteiger partial charge in [-0.2, -0.15) is 0 Å². The van der Waals surface area contributed by atoms with Gasteiger partial charge in [-0.3, -0.25) is 9.59 Å². The molecule has 1 aromatic heterocycles. The highest BCUT2D eigenvalue weighted by molar-refractivity contribution is 6.31. The maximum absolute atomic E-state index is 12.0. The summed E-state index contributed by atoms with van der Waals surface area (Å²) in [6, 6.07) is 8.71. The molecule has 0 saturated heterocycles. The predicted octanol–water partition coefficient (Wildman–Crippen LogP) is 2.84. The van der Waals surface area contributed by atoms with Gasteiger partial charge in [-0.1, -0.05) is 17.7 Å². The van der Waals surface area contributed by atoms with Crippen LogP contribution >= 0.6 is 11.6 Å². The van der Waals surface area contributed by atoms with Crippen molar-refractivity contribution in [3.63, 3.8) is 0 Å². The molecule has 7 heteroatoms. The Morgan fingerprint density at radius 3 is 2.75 bits per heavy atom. The van der Waals surface area contributed by atoms with E-state index in [1.807, 2.05) is 6.92 Å². The molecule has 0 aliphatic carbocycles. The third-order valence-corrected chi connectivity index (χ3v) is 3.88. The topological polar surface area (TPSA) is 83.1 Å². The Morgan fingerprint density at radius 1 is 1.21 bits per heavy atom.